The first-order valence-corrected chi connectivity index (χ1v) is 14.7. The topological polar surface area (TPSA) is 18.0 Å². The number of pyridine rings is 2. The van der Waals surface area contributed by atoms with Gasteiger partial charge in [0.25, 0.3) is 0 Å². The second kappa shape index (κ2) is 14.1. The van der Waals surface area contributed by atoms with Crippen molar-refractivity contribution in [1.82, 2.24) is 0 Å². The number of aromatic amines is 1. The maximum Gasteiger partial charge on any atom is 2.00 e. The van der Waals surface area contributed by atoms with Crippen LogP contribution in [-0.4, -0.2) is 45.5 Å². The van der Waals surface area contributed by atoms with Crippen molar-refractivity contribution in [2.24, 2.45) is 0 Å². The van der Waals surface area contributed by atoms with Crippen LogP contribution >= 0.6 is 0 Å². The van der Waals surface area contributed by atoms with E-state index in [-0.39, 0.29) is 50.9 Å². The van der Waals surface area contributed by atoms with Gasteiger partial charge in [-0.3, -0.25) is 4.98 Å². The molecule has 1 aliphatic rings. The van der Waals surface area contributed by atoms with Gasteiger partial charge in [0.05, 0.1) is 11.9 Å². The van der Waals surface area contributed by atoms with Crippen LogP contribution in [0.3, 0.4) is 0 Å². The van der Waals surface area contributed by atoms with Crippen LogP contribution in [0.4, 0.5) is 0 Å². The number of nitrogens with one attached hydrogen (secondary N) is 1. The maximum absolute atomic E-state index is 3.15. The van der Waals surface area contributed by atoms with Crippen LogP contribution < -0.4 is 9.55 Å². The van der Waals surface area contributed by atoms with Gasteiger partial charge in [-0.25, -0.2) is 0 Å². The first kappa shape index (κ1) is 32.1. The summed E-state index contributed by atoms with van der Waals surface area (Å²) in [5.41, 5.74) is 11.7. The number of aromatic nitrogens is 2. The van der Waals surface area contributed by atoms with Gasteiger partial charge in [-0.05, 0) is 36.0 Å². The monoisotopic (exact) mass is 625 g/mol. The molecule has 0 spiro atoms. The van der Waals surface area contributed by atoms with Crippen LogP contribution in [0.1, 0.15) is 64.2 Å². The number of rotatable bonds is 4. The van der Waals surface area contributed by atoms with Gasteiger partial charge in [-0.15, -0.1) is 47.9 Å². The first-order chi connectivity index (χ1) is 19.8. The fraction of sp³-hybridized carbons (Fsp3) is 0.231. The van der Waals surface area contributed by atoms with Gasteiger partial charge in [0.15, 0.2) is 6.20 Å². The van der Waals surface area contributed by atoms with Crippen molar-refractivity contribution in [1.29, 1.82) is 0 Å². The molecule has 0 unspecified atom stereocenters. The Balaban J connectivity index is 0.000000261. The van der Waals surface area contributed by atoms with E-state index in [0.29, 0.717) is 0 Å². The molecule has 3 aromatic carbocycles. The van der Waals surface area contributed by atoms with Gasteiger partial charge < -0.3 is 4.57 Å². The number of fused-ring (bicyclic) bond motifs is 3. The molecule has 0 atom stereocenters. The molecule has 2 nitrogen and oxygen atoms in total. The molecule has 208 valence electrons. The molecule has 0 aliphatic carbocycles. The Labute approximate surface area is 290 Å². The molecule has 2 aromatic heterocycles. The van der Waals surface area contributed by atoms with Gasteiger partial charge in [0, 0.05) is 12.1 Å². The fourth-order valence-electron chi connectivity index (χ4n) is 5.61. The zero-order chi connectivity index (χ0) is 29.0. The molecule has 1 aliphatic heterocycles. The summed E-state index contributed by atoms with van der Waals surface area (Å²) in [6.45, 7) is 13.5. The van der Waals surface area contributed by atoms with Crippen LogP contribution in [-0.2, 0) is 5.41 Å². The average molecular weight is 625 g/mol. The third-order valence-electron chi connectivity index (χ3n) is 7.85. The Morgan fingerprint density at radius 3 is 2.17 bits per heavy atom. The summed E-state index contributed by atoms with van der Waals surface area (Å²) in [5, 5.41) is 0. The average Bonchev–Trinajstić information content (AvgIpc) is 3.01. The van der Waals surface area contributed by atoms with Crippen molar-refractivity contribution >= 4 is 45.5 Å². The molecule has 1 N–H and O–H groups in total. The second-order valence-electron chi connectivity index (χ2n) is 11.7. The van der Waals surface area contributed by atoms with Crippen LogP contribution in [0.15, 0.2) is 109 Å². The molecule has 3 heteroatoms. The number of benzene rings is 3. The number of H-pyrrole nitrogens is 1. The predicted molar refractivity (Wildman–Crippen MR) is 176 cm³/mol. The van der Waals surface area contributed by atoms with Crippen molar-refractivity contribution in [3.8, 4) is 33.6 Å². The third kappa shape index (κ3) is 7.03. The minimum absolute atomic E-state index is 0. The second-order valence-corrected chi connectivity index (χ2v) is 11.7. The normalized spacial score (nSPS) is 12.0. The molecule has 6 rings (SSSR count). The molecule has 42 heavy (non-hydrogen) atoms. The zero-order valence-corrected chi connectivity index (χ0v) is 29.4. The van der Waals surface area contributed by atoms with Crippen LogP contribution in [0.5, 0.6) is 0 Å². The zero-order valence-electron chi connectivity index (χ0n) is 26.0. The smallest absolute Gasteiger partial charge is 0.345 e. The van der Waals surface area contributed by atoms with E-state index in [9.17, 15) is 0 Å². The van der Waals surface area contributed by atoms with Crippen molar-refractivity contribution in [2.75, 3.05) is 0 Å². The third-order valence-corrected chi connectivity index (χ3v) is 7.85. The minimum Gasteiger partial charge on any atom is -0.345 e. The van der Waals surface area contributed by atoms with Crippen molar-refractivity contribution in [3.05, 3.63) is 144 Å². The minimum atomic E-state index is 0. The molecule has 0 saturated carbocycles. The SMILES string of the molecule is CC[C-]1c2cc(-c3ccc(C(C)(C)C)cc3)ccc2-c2cc(C)cc[n+]2[C-]1CC.[Sr+2].[c-]1ccccc1-c1cccc[nH+]1. The fourth-order valence-corrected chi connectivity index (χ4v) is 5.61. The van der Waals surface area contributed by atoms with Gasteiger partial charge in [-0.1, -0.05) is 106 Å². The van der Waals surface area contributed by atoms with E-state index < -0.39 is 0 Å². The Bertz CT molecular complexity index is 1550. The van der Waals surface area contributed by atoms with E-state index in [1.807, 2.05) is 48.7 Å². The number of nitrogens with zero attached hydrogens (tertiary/aromatic N) is 1. The standard InChI is InChI=1S/C28H32N.C11H8N.Sr/c1-7-23-25-18-21(20-9-12-22(13-10-20)28(4,5)6)11-14-24(25)27-17-19(3)15-16-29(27)26(23)8-2;1-2-6-10(7-3-1)11-8-4-5-9-12-11;/h9-18H,7-8H2,1-6H3;1-6,8-9H;/q2*-1;+2/p+1. The predicted octanol–water partition coefficient (Wildman–Crippen LogP) is 8.64. The van der Waals surface area contributed by atoms with E-state index in [4.69, 9.17) is 0 Å². The summed E-state index contributed by atoms with van der Waals surface area (Å²) >= 11 is 0. The summed E-state index contributed by atoms with van der Waals surface area (Å²) in [6, 6.07) is 39.1. The summed E-state index contributed by atoms with van der Waals surface area (Å²) in [5.74, 6) is 1.47. The molecule has 0 fully saturated rings. The maximum atomic E-state index is 3.15. The van der Waals surface area contributed by atoms with Crippen LogP contribution in [0.2, 0.25) is 0 Å². The van der Waals surface area contributed by atoms with Gasteiger partial charge in [0.2, 0.25) is 0 Å². The molecule has 0 radical (unpaired) electrons. The first-order valence-electron chi connectivity index (χ1n) is 14.7. The Morgan fingerprint density at radius 1 is 0.810 bits per heavy atom. The van der Waals surface area contributed by atoms with E-state index in [2.05, 4.69) is 118 Å². The largest absolute Gasteiger partial charge is 2.00 e. The van der Waals surface area contributed by atoms with E-state index in [1.165, 1.54) is 51.0 Å². The molecular weight excluding hydrogens is 584 g/mol. The summed E-state index contributed by atoms with van der Waals surface area (Å²) in [7, 11) is 0. The Hall–Kier alpha value is -2.82. The van der Waals surface area contributed by atoms with Crippen molar-refractivity contribution < 1.29 is 9.55 Å². The number of aryl methyl sites for hydroxylation is 1. The van der Waals surface area contributed by atoms with Crippen LogP contribution in [0.25, 0.3) is 33.6 Å². The van der Waals surface area contributed by atoms with Gasteiger partial charge in [0.1, 0.15) is 5.69 Å². The molecule has 0 saturated heterocycles. The van der Waals surface area contributed by atoms with Crippen molar-refractivity contribution in [2.45, 2.75) is 59.8 Å². The summed E-state index contributed by atoms with van der Waals surface area (Å²) in [4.78, 5) is 3.15. The van der Waals surface area contributed by atoms with E-state index in [1.54, 1.807) is 0 Å². The molecule has 3 heterocycles. The number of hydrogen-bond acceptors (Lipinski definition) is 0. The quantitative estimate of drug-likeness (QED) is 0.108. The molecule has 0 amide bonds. The molecule has 5 aromatic rings. The van der Waals surface area contributed by atoms with Gasteiger partial charge in [-0.2, -0.15) is 11.6 Å². The Morgan fingerprint density at radius 2 is 1.55 bits per heavy atom. The molecule has 0 bridgehead atoms. The summed E-state index contributed by atoms with van der Waals surface area (Å²) < 4.78 is 2.39. The van der Waals surface area contributed by atoms with E-state index in [0.717, 1.165) is 24.1 Å². The van der Waals surface area contributed by atoms with Gasteiger partial charge >= 0.3 is 45.5 Å². The summed E-state index contributed by atoms with van der Waals surface area (Å²) in [6.07, 6.45) is 6.23. The van der Waals surface area contributed by atoms with E-state index >= 15 is 0 Å². The molecular formula is C39H41N2Sr+. The Kier molecular flexibility index (Phi) is 10.8. The number of hydrogen-bond donors (Lipinski definition) is 0. The van der Waals surface area contributed by atoms with Crippen LogP contribution in [0, 0.1) is 24.9 Å². The van der Waals surface area contributed by atoms with Crippen molar-refractivity contribution in [3.63, 3.8) is 0 Å².